The van der Waals surface area contributed by atoms with Crippen LogP contribution in [0, 0.1) is 6.92 Å². The maximum Gasteiger partial charge on any atom is 0.180 e. The predicted molar refractivity (Wildman–Crippen MR) is 69.2 cm³/mol. The van der Waals surface area contributed by atoms with E-state index in [2.05, 4.69) is 27.1 Å². The minimum Gasteiger partial charge on any atom is -0.383 e. The van der Waals surface area contributed by atoms with E-state index in [1.165, 1.54) is 18.1 Å². The van der Waals surface area contributed by atoms with Crippen LogP contribution in [0.5, 0.6) is 0 Å². The molecule has 0 saturated heterocycles. The fraction of sp³-hybridized carbons (Fsp3) is 0.400. The molecule has 5 nitrogen and oxygen atoms in total. The Labute approximate surface area is 108 Å². The average molecular weight is 267 g/mol. The molecule has 0 atom stereocenters. The highest BCUT2D eigenvalue weighted by molar-refractivity contribution is 8.01. The second-order valence-electron chi connectivity index (χ2n) is 3.48. The number of hydrogen-bond donors (Lipinski definition) is 1. The van der Waals surface area contributed by atoms with Crippen molar-refractivity contribution in [1.29, 1.82) is 0 Å². The van der Waals surface area contributed by atoms with Crippen molar-refractivity contribution in [3.05, 3.63) is 16.9 Å². The van der Waals surface area contributed by atoms with Crippen LogP contribution in [0.2, 0.25) is 0 Å². The lowest BCUT2D eigenvalue weighted by atomic mass is 10.2. The summed E-state index contributed by atoms with van der Waals surface area (Å²) in [6, 6.07) is 0. The summed E-state index contributed by atoms with van der Waals surface area (Å²) in [5.41, 5.74) is 6.88. The molecule has 0 aromatic carbocycles. The van der Waals surface area contributed by atoms with Crippen LogP contribution in [0.3, 0.4) is 0 Å². The zero-order valence-corrected chi connectivity index (χ0v) is 11.3. The van der Waals surface area contributed by atoms with Crippen molar-refractivity contribution in [3.63, 3.8) is 0 Å². The average Bonchev–Trinajstić information content (AvgIpc) is 2.69. The number of nitrogens with zero attached hydrogens (tertiary/aromatic N) is 4. The van der Waals surface area contributed by atoms with E-state index in [1.807, 2.05) is 6.92 Å². The van der Waals surface area contributed by atoms with Gasteiger partial charge in [0.05, 0.1) is 0 Å². The van der Waals surface area contributed by atoms with Gasteiger partial charge in [0.1, 0.15) is 22.2 Å². The van der Waals surface area contributed by atoms with E-state index in [0.717, 1.165) is 32.8 Å². The lowest BCUT2D eigenvalue weighted by molar-refractivity contribution is 0.860. The molecule has 0 aliphatic carbocycles. The molecule has 7 heteroatoms. The topological polar surface area (TPSA) is 77.6 Å². The zero-order chi connectivity index (χ0) is 12.3. The second kappa shape index (κ2) is 5.42. The third-order valence-corrected chi connectivity index (χ3v) is 4.07. The van der Waals surface area contributed by atoms with Crippen LogP contribution in [0.25, 0.3) is 0 Å². The molecule has 0 aliphatic rings. The Hall–Kier alpha value is -1.21. The molecule has 0 spiro atoms. The molecular formula is C10H13N5S2. The Morgan fingerprint density at radius 3 is 2.82 bits per heavy atom. The highest BCUT2D eigenvalue weighted by Gasteiger charge is 2.12. The van der Waals surface area contributed by atoms with E-state index in [0.29, 0.717) is 5.82 Å². The van der Waals surface area contributed by atoms with Crippen molar-refractivity contribution in [3.8, 4) is 0 Å². The van der Waals surface area contributed by atoms with Crippen molar-refractivity contribution in [2.24, 2.45) is 0 Å². The molecule has 0 bridgehead atoms. The van der Waals surface area contributed by atoms with Crippen LogP contribution < -0.4 is 5.73 Å². The molecule has 0 saturated carbocycles. The quantitative estimate of drug-likeness (QED) is 0.857. The minimum absolute atomic E-state index is 0.561. The zero-order valence-electron chi connectivity index (χ0n) is 9.67. The Kier molecular flexibility index (Phi) is 3.90. The van der Waals surface area contributed by atoms with Crippen LogP contribution in [0.15, 0.2) is 15.7 Å². The van der Waals surface area contributed by atoms with E-state index in [-0.39, 0.29) is 0 Å². The summed E-state index contributed by atoms with van der Waals surface area (Å²) in [6.07, 6.45) is 3.39. The van der Waals surface area contributed by atoms with Gasteiger partial charge in [0.25, 0.3) is 0 Å². The van der Waals surface area contributed by atoms with Gasteiger partial charge in [-0.25, -0.2) is 9.97 Å². The highest BCUT2D eigenvalue weighted by Crippen LogP contribution is 2.32. The second-order valence-corrected chi connectivity index (χ2v) is 5.90. The van der Waals surface area contributed by atoms with Crippen LogP contribution in [0.1, 0.15) is 23.9 Å². The van der Waals surface area contributed by atoms with E-state index in [9.17, 15) is 0 Å². The number of rotatable bonds is 4. The van der Waals surface area contributed by atoms with Gasteiger partial charge in [0.2, 0.25) is 0 Å². The van der Waals surface area contributed by atoms with Crippen LogP contribution in [-0.2, 0) is 6.42 Å². The first-order chi connectivity index (χ1) is 8.20. The van der Waals surface area contributed by atoms with Crippen molar-refractivity contribution in [1.82, 2.24) is 20.2 Å². The third-order valence-electron chi connectivity index (χ3n) is 2.13. The normalized spacial score (nSPS) is 10.7. The minimum atomic E-state index is 0.561. The van der Waals surface area contributed by atoms with Crippen LogP contribution in [0.4, 0.5) is 5.82 Å². The SMILES string of the molecule is CCCc1c(N)ncnc1Sc1nnc(C)s1. The molecule has 2 aromatic heterocycles. The molecule has 90 valence electrons. The first-order valence-electron chi connectivity index (χ1n) is 5.28. The van der Waals surface area contributed by atoms with Crippen molar-refractivity contribution in [2.75, 3.05) is 5.73 Å². The van der Waals surface area contributed by atoms with Crippen LogP contribution >= 0.6 is 23.1 Å². The molecule has 2 heterocycles. The van der Waals surface area contributed by atoms with Crippen LogP contribution in [-0.4, -0.2) is 20.2 Å². The van der Waals surface area contributed by atoms with Crippen molar-refractivity contribution in [2.45, 2.75) is 36.1 Å². The monoisotopic (exact) mass is 267 g/mol. The summed E-state index contributed by atoms with van der Waals surface area (Å²) >= 11 is 3.06. The molecule has 0 aliphatic heterocycles. The van der Waals surface area contributed by atoms with Gasteiger partial charge in [-0.3, -0.25) is 0 Å². The van der Waals surface area contributed by atoms with Gasteiger partial charge in [-0.15, -0.1) is 10.2 Å². The number of aromatic nitrogens is 4. The summed E-state index contributed by atoms with van der Waals surface area (Å²) in [4.78, 5) is 8.30. The largest absolute Gasteiger partial charge is 0.383 e. The lowest BCUT2D eigenvalue weighted by Gasteiger charge is -2.07. The van der Waals surface area contributed by atoms with Gasteiger partial charge in [-0.05, 0) is 25.1 Å². The van der Waals surface area contributed by atoms with E-state index < -0.39 is 0 Å². The molecule has 17 heavy (non-hydrogen) atoms. The fourth-order valence-electron chi connectivity index (χ4n) is 1.38. The summed E-state index contributed by atoms with van der Waals surface area (Å²) < 4.78 is 0.887. The predicted octanol–water partition coefficient (Wildman–Crippen LogP) is 2.32. The Bertz CT molecular complexity index is 511. The standard InChI is InChI=1S/C10H13N5S2/c1-3-4-7-8(11)12-5-13-9(7)17-10-15-14-6(2)16-10/h5H,3-4H2,1-2H3,(H2,11,12,13). The summed E-state index contributed by atoms with van der Waals surface area (Å²) in [6.45, 7) is 4.04. The lowest BCUT2D eigenvalue weighted by Crippen LogP contribution is -2.01. The number of nitrogen functional groups attached to an aromatic ring is 1. The molecule has 0 radical (unpaired) electrons. The Balaban J connectivity index is 2.28. The molecular weight excluding hydrogens is 254 g/mol. The maximum atomic E-state index is 5.87. The number of hydrogen-bond acceptors (Lipinski definition) is 7. The number of aryl methyl sites for hydroxylation is 1. The summed E-state index contributed by atoms with van der Waals surface area (Å²) in [5, 5.41) is 9.89. The van der Waals surface area contributed by atoms with Crippen molar-refractivity contribution >= 4 is 28.9 Å². The molecule has 2 N–H and O–H groups in total. The van der Waals surface area contributed by atoms with E-state index in [1.54, 1.807) is 11.3 Å². The summed E-state index contributed by atoms with van der Waals surface area (Å²) in [7, 11) is 0. The molecule has 0 unspecified atom stereocenters. The van der Waals surface area contributed by atoms with Gasteiger partial charge in [-0.1, -0.05) is 24.7 Å². The number of nitrogens with two attached hydrogens (primary N) is 1. The molecule has 0 amide bonds. The smallest absolute Gasteiger partial charge is 0.180 e. The summed E-state index contributed by atoms with van der Waals surface area (Å²) in [5.74, 6) is 0.561. The molecule has 0 fully saturated rings. The van der Waals surface area contributed by atoms with Gasteiger partial charge in [0, 0.05) is 5.56 Å². The first kappa shape index (κ1) is 12.3. The van der Waals surface area contributed by atoms with Gasteiger partial charge >= 0.3 is 0 Å². The van der Waals surface area contributed by atoms with Gasteiger partial charge < -0.3 is 5.73 Å². The van der Waals surface area contributed by atoms with Gasteiger partial charge in [0.15, 0.2) is 4.34 Å². The molecule has 2 rings (SSSR count). The Morgan fingerprint density at radius 1 is 1.35 bits per heavy atom. The number of anilines is 1. The van der Waals surface area contributed by atoms with E-state index in [4.69, 9.17) is 5.73 Å². The Morgan fingerprint density at radius 2 is 2.18 bits per heavy atom. The third kappa shape index (κ3) is 2.92. The highest BCUT2D eigenvalue weighted by atomic mass is 32.2. The fourth-order valence-corrected chi connectivity index (χ4v) is 3.24. The van der Waals surface area contributed by atoms with Crippen molar-refractivity contribution < 1.29 is 0 Å². The first-order valence-corrected chi connectivity index (χ1v) is 6.91. The van der Waals surface area contributed by atoms with E-state index >= 15 is 0 Å². The van der Waals surface area contributed by atoms with Gasteiger partial charge in [-0.2, -0.15) is 0 Å². The maximum absolute atomic E-state index is 5.87. The molecule has 2 aromatic rings.